The van der Waals surface area contributed by atoms with Crippen LogP contribution in [-0.2, 0) is 11.3 Å². The number of hydrogen-bond acceptors (Lipinski definition) is 4. The Bertz CT molecular complexity index is 793. The molecule has 0 atom stereocenters. The molecule has 0 amide bonds. The summed E-state index contributed by atoms with van der Waals surface area (Å²) >= 11 is 3.42. The van der Waals surface area contributed by atoms with E-state index in [0.717, 1.165) is 15.8 Å². The number of aromatic nitrogens is 4. The number of imidazole rings is 1. The van der Waals surface area contributed by atoms with Crippen LogP contribution in [0.3, 0.4) is 0 Å². The van der Waals surface area contributed by atoms with Crippen molar-refractivity contribution in [3.05, 3.63) is 52.7 Å². The summed E-state index contributed by atoms with van der Waals surface area (Å²) in [6.07, 6.45) is 7.04. The molecule has 0 spiro atoms. The van der Waals surface area contributed by atoms with Crippen LogP contribution in [0.2, 0.25) is 0 Å². The lowest BCUT2D eigenvalue weighted by molar-refractivity contribution is 0.0526. The quantitative estimate of drug-likeness (QED) is 0.679. The van der Waals surface area contributed by atoms with Crippen LogP contribution in [0.15, 0.2) is 41.4 Å². The number of halogens is 1. The third-order valence-electron chi connectivity index (χ3n) is 2.94. The lowest BCUT2D eigenvalue weighted by Gasteiger charge is -1.97. The molecule has 0 bridgehead atoms. The van der Waals surface area contributed by atoms with Crippen molar-refractivity contribution < 1.29 is 9.53 Å². The predicted octanol–water partition coefficient (Wildman–Crippen LogP) is 2.52. The first kappa shape index (κ1) is 13.8. The summed E-state index contributed by atoms with van der Waals surface area (Å²) in [6.45, 7) is 2.63. The van der Waals surface area contributed by atoms with Crippen molar-refractivity contribution in [2.75, 3.05) is 6.61 Å². The van der Waals surface area contributed by atoms with Gasteiger partial charge in [-0.1, -0.05) is 15.9 Å². The van der Waals surface area contributed by atoms with E-state index in [1.807, 2.05) is 28.9 Å². The van der Waals surface area contributed by atoms with E-state index in [-0.39, 0.29) is 5.97 Å². The summed E-state index contributed by atoms with van der Waals surface area (Å²) < 4.78 is 9.53. The second kappa shape index (κ2) is 5.69. The van der Waals surface area contributed by atoms with Crippen molar-refractivity contribution in [1.82, 2.24) is 19.2 Å². The monoisotopic (exact) mass is 348 g/mol. The first-order chi connectivity index (χ1) is 10.2. The average molecular weight is 349 g/mol. The lowest BCUT2D eigenvalue weighted by atomic mass is 10.4. The van der Waals surface area contributed by atoms with Gasteiger partial charge < -0.3 is 9.14 Å². The summed E-state index contributed by atoms with van der Waals surface area (Å²) in [5.74, 6) is -0.359. The van der Waals surface area contributed by atoms with Crippen molar-refractivity contribution >= 4 is 27.5 Å². The first-order valence-electron chi connectivity index (χ1n) is 6.48. The highest BCUT2D eigenvalue weighted by molar-refractivity contribution is 9.10. The molecule has 0 unspecified atom stereocenters. The van der Waals surface area contributed by atoms with Crippen LogP contribution in [0.25, 0.3) is 5.65 Å². The van der Waals surface area contributed by atoms with E-state index in [9.17, 15) is 4.79 Å². The van der Waals surface area contributed by atoms with Gasteiger partial charge in [-0.05, 0) is 19.1 Å². The highest BCUT2D eigenvalue weighted by Crippen LogP contribution is 2.14. The summed E-state index contributed by atoms with van der Waals surface area (Å²) in [5.41, 5.74) is 2.17. The molecule has 21 heavy (non-hydrogen) atoms. The van der Waals surface area contributed by atoms with Crippen LogP contribution in [0.1, 0.15) is 23.0 Å². The van der Waals surface area contributed by atoms with Gasteiger partial charge in [0.05, 0.1) is 30.6 Å². The van der Waals surface area contributed by atoms with Crippen LogP contribution in [0.4, 0.5) is 0 Å². The number of pyridine rings is 1. The fourth-order valence-corrected chi connectivity index (χ4v) is 2.34. The number of ether oxygens (including phenoxy) is 1. The van der Waals surface area contributed by atoms with Crippen molar-refractivity contribution in [2.24, 2.45) is 0 Å². The molecule has 3 aromatic rings. The topological polar surface area (TPSA) is 61.4 Å². The second-order valence-corrected chi connectivity index (χ2v) is 5.41. The Morgan fingerprint density at radius 2 is 2.29 bits per heavy atom. The Morgan fingerprint density at radius 3 is 3.10 bits per heavy atom. The zero-order valence-electron chi connectivity index (χ0n) is 11.4. The molecule has 0 saturated heterocycles. The molecule has 0 radical (unpaired) electrons. The van der Waals surface area contributed by atoms with Crippen LogP contribution < -0.4 is 0 Å². The van der Waals surface area contributed by atoms with Gasteiger partial charge in [-0.15, -0.1) is 0 Å². The third kappa shape index (κ3) is 2.97. The number of carbonyl (C=O) groups excluding carboxylic acids is 1. The van der Waals surface area contributed by atoms with Gasteiger partial charge in [0.25, 0.3) is 0 Å². The van der Waals surface area contributed by atoms with E-state index in [2.05, 4.69) is 26.0 Å². The highest BCUT2D eigenvalue weighted by Gasteiger charge is 2.10. The van der Waals surface area contributed by atoms with Crippen molar-refractivity contribution in [2.45, 2.75) is 13.5 Å². The average Bonchev–Trinajstić information content (AvgIpc) is 3.05. The number of fused-ring (bicyclic) bond motifs is 1. The van der Waals surface area contributed by atoms with E-state index >= 15 is 0 Å². The van der Waals surface area contributed by atoms with Crippen LogP contribution in [0.5, 0.6) is 0 Å². The Labute approximate surface area is 129 Å². The molecule has 0 saturated carbocycles. The molecule has 0 aromatic carbocycles. The van der Waals surface area contributed by atoms with Crippen LogP contribution in [0, 0.1) is 0 Å². The molecule has 0 fully saturated rings. The fraction of sp³-hybridized carbons (Fsp3) is 0.214. The number of rotatable bonds is 4. The first-order valence-corrected chi connectivity index (χ1v) is 7.27. The van der Waals surface area contributed by atoms with Gasteiger partial charge in [0.15, 0.2) is 0 Å². The fourth-order valence-electron chi connectivity index (χ4n) is 2.02. The maximum atomic E-state index is 11.6. The number of hydrogen-bond donors (Lipinski definition) is 0. The number of esters is 1. The Morgan fingerprint density at radius 1 is 1.43 bits per heavy atom. The van der Waals surface area contributed by atoms with E-state index in [1.165, 1.54) is 6.20 Å². The largest absolute Gasteiger partial charge is 0.462 e. The zero-order chi connectivity index (χ0) is 14.8. The lowest BCUT2D eigenvalue weighted by Crippen LogP contribution is -2.04. The van der Waals surface area contributed by atoms with Gasteiger partial charge in [0, 0.05) is 23.1 Å². The number of nitrogens with zero attached hydrogens (tertiary/aromatic N) is 4. The van der Waals surface area contributed by atoms with Gasteiger partial charge in [-0.2, -0.15) is 5.10 Å². The predicted molar refractivity (Wildman–Crippen MR) is 80.2 cm³/mol. The normalized spacial score (nSPS) is 11.0. The summed E-state index contributed by atoms with van der Waals surface area (Å²) in [5, 5.41) is 4.16. The Kier molecular flexibility index (Phi) is 3.74. The molecule has 0 aliphatic carbocycles. The van der Waals surface area contributed by atoms with Crippen LogP contribution >= 0.6 is 15.9 Å². The van der Waals surface area contributed by atoms with Gasteiger partial charge in [0.1, 0.15) is 5.65 Å². The minimum Gasteiger partial charge on any atom is -0.462 e. The maximum absolute atomic E-state index is 11.6. The highest BCUT2D eigenvalue weighted by atomic mass is 79.9. The molecule has 6 nitrogen and oxygen atoms in total. The van der Waals surface area contributed by atoms with E-state index in [1.54, 1.807) is 17.8 Å². The molecule has 0 N–H and O–H groups in total. The smallest absolute Gasteiger partial charge is 0.341 e. The van der Waals surface area contributed by atoms with Crippen molar-refractivity contribution in [1.29, 1.82) is 0 Å². The minimum atomic E-state index is -0.359. The molecule has 7 heteroatoms. The molecule has 3 heterocycles. The van der Waals surface area contributed by atoms with Gasteiger partial charge in [-0.3, -0.25) is 4.68 Å². The van der Waals surface area contributed by atoms with E-state index in [4.69, 9.17) is 4.74 Å². The molecule has 3 aromatic heterocycles. The Hall–Kier alpha value is -2.15. The Balaban J connectivity index is 1.80. The SMILES string of the molecule is CCOC(=O)c1cnn(Cc2cn3ccc(Br)cc3n2)c1. The van der Waals surface area contributed by atoms with Crippen molar-refractivity contribution in [3.8, 4) is 0 Å². The zero-order valence-corrected chi connectivity index (χ0v) is 12.9. The summed E-state index contributed by atoms with van der Waals surface area (Å²) in [6, 6.07) is 3.89. The standard InChI is InChI=1S/C14H13BrN4O2/c1-2-21-14(20)10-6-16-19(7-10)9-12-8-18-4-3-11(15)5-13(18)17-12/h3-8H,2,9H2,1H3. The molecular weight excluding hydrogens is 336 g/mol. The van der Waals surface area contributed by atoms with Gasteiger partial charge in [0.2, 0.25) is 0 Å². The second-order valence-electron chi connectivity index (χ2n) is 4.49. The van der Waals surface area contributed by atoms with Crippen molar-refractivity contribution in [3.63, 3.8) is 0 Å². The van der Waals surface area contributed by atoms with E-state index < -0.39 is 0 Å². The van der Waals surface area contributed by atoms with Gasteiger partial charge >= 0.3 is 5.97 Å². The summed E-state index contributed by atoms with van der Waals surface area (Å²) in [4.78, 5) is 16.1. The van der Waals surface area contributed by atoms with Gasteiger partial charge in [-0.25, -0.2) is 9.78 Å². The maximum Gasteiger partial charge on any atom is 0.341 e. The number of carbonyl (C=O) groups is 1. The summed E-state index contributed by atoms with van der Waals surface area (Å²) in [7, 11) is 0. The van der Waals surface area contributed by atoms with E-state index in [0.29, 0.717) is 18.7 Å². The molecular formula is C14H13BrN4O2. The molecule has 3 rings (SSSR count). The molecule has 0 aliphatic heterocycles. The molecule has 0 aliphatic rings. The molecule has 108 valence electrons. The third-order valence-corrected chi connectivity index (χ3v) is 3.43. The minimum absolute atomic E-state index is 0.353. The van der Waals surface area contributed by atoms with Crippen LogP contribution in [-0.4, -0.2) is 31.7 Å².